The zero-order valence-corrected chi connectivity index (χ0v) is 17.5. The zero-order chi connectivity index (χ0) is 21.5. The molecule has 0 saturated carbocycles. The molecule has 7 heteroatoms. The first-order valence-electron chi connectivity index (χ1n) is 10.1. The second-order valence-electron chi connectivity index (χ2n) is 7.75. The minimum Gasteiger partial charge on any atom is -0.356 e. The lowest BCUT2D eigenvalue weighted by atomic mass is 10.0. The van der Waals surface area contributed by atoms with Gasteiger partial charge in [0.25, 0.3) is 0 Å². The van der Waals surface area contributed by atoms with E-state index in [0.717, 1.165) is 33.1 Å². The summed E-state index contributed by atoms with van der Waals surface area (Å²) >= 11 is 0. The first kappa shape index (κ1) is 19.0. The van der Waals surface area contributed by atoms with E-state index in [1.165, 1.54) is 0 Å². The molecule has 7 nitrogen and oxygen atoms in total. The van der Waals surface area contributed by atoms with Gasteiger partial charge in [0, 0.05) is 16.8 Å². The average Bonchev–Trinajstić information content (AvgIpc) is 3.30. The van der Waals surface area contributed by atoms with E-state index in [1.54, 1.807) is 4.68 Å². The van der Waals surface area contributed by atoms with Crippen LogP contribution in [-0.2, 0) is 11.2 Å². The molecule has 2 aromatic carbocycles. The van der Waals surface area contributed by atoms with Crippen molar-refractivity contribution >= 4 is 33.6 Å². The Labute approximate surface area is 178 Å². The van der Waals surface area contributed by atoms with Crippen LogP contribution in [0.4, 0.5) is 5.82 Å². The molecule has 154 valence electrons. The number of rotatable bonds is 4. The van der Waals surface area contributed by atoms with Gasteiger partial charge in [-0.15, -0.1) is 0 Å². The van der Waals surface area contributed by atoms with E-state index >= 15 is 0 Å². The summed E-state index contributed by atoms with van der Waals surface area (Å²) in [4.78, 5) is 17.5. The van der Waals surface area contributed by atoms with Crippen molar-refractivity contribution in [3.8, 4) is 5.82 Å². The lowest BCUT2D eigenvalue weighted by molar-refractivity contribution is -0.115. The summed E-state index contributed by atoms with van der Waals surface area (Å²) in [6.45, 7) is 5.88. The number of hydrogen-bond acceptors (Lipinski definition) is 5. The summed E-state index contributed by atoms with van der Waals surface area (Å²) in [7, 11) is 0. The predicted molar refractivity (Wildman–Crippen MR) is 119 cm³/mol. The monoisotopic (exact) mass is 411 g/mol. The molecule has 31 heavy (non-hydrogen) atoms. The number of carbonyl (C=O) groups excluding carboxylic acids is 1. The Bertz CT molecular complexity index is 1450. The number of aromatic nitrogens is 4. The van der Waals surface area contributed by atoms with Crippen molar-refractivity contribution in [2.45, 2.75) is 27.2 Å². The van der Waals surface area contributed by atoms with Gasteiger partial charge in [-0.25, -0.2) is 4.98 Å². The van der Waals surface area contributed by atoms with Crippen LogP contribution in [0.3, 0.4) is 0 Å². The fraction of sp³-hybridized carbons (Fsp3) is 0.167. The van der Waals surface area contributed by atoms with Crippen LogP contribution in [0.2, 0.25) is 0 Å². The Balaban J connectivity index is 1.44. The maximum absolute atomic E-state index is 12.9. The maximum Gasteiger partial charge on any atom is 0.231 e. The number of amides is 1. The molecule has 0 aliphatic heterocycles. The van der Waals surface area contributed by atoms with Crippen LogP contribution < -0.4 is 5.32 Å². The fourth-order valence-corrected chi connectivity index (χ4v) is 3.92. The lowest BCUT2D eigenvalue weighted by Gasteiger charge is -2.09. The molecule has 0 spiro atoms. The Kier molecular flexibility index (Phi) is 4.51. The van der Waals surface area contributed by atoms with Gasteiger partial charge in [0.1, 0.15) is 11.5 Å². The molecule has 0 aliphatic carbocycles. The Morgan fingerprint density at radius 2 is 1.90 bits per heavy atom. The second-order valence-corrected chi connectivity index (χ2v) is 7.75. The summed E-state index contributed by atoms with van der Waals surface area (Å²) in [6.07, 6.45) is 0.103. The quantitative estimate of drug-likeness (QED) is 0.465. The Morgan fingerprint density at radius 1 is 1.06 bits per heavy atom. The van der Waals surface area contributed by atoms with E-state index in [0.29, 0.717) is 22.9 Å². The maximum atomic E-state index is 12.9. The van der Waals surface area contributed by atoms with E-state index in [4.69, 9.17) is 4.52 Å². The van der Waals surface area contributed by atoms with Gasteiger partial charge in [-0.1, -0.05) is 29.4 Å². The van der Waals surface area contributed by atoms with E-state index in [9.17, 15) is 4.79 Å². The molecule has 0 radical (unpaired) electrons. The molecule has 0 bridgehead atoms. The zero-order valence-electron chi connectivity index (χ0n) is 17.5. The molecular weight excluding hydrogens is 390 g/mol. The van der Waals surface area contributed by atoms with E-state index in [2.05, 4.69) is 26.6 Å². The molecule has 0 atom stereocenters. The number of carbonyl (C=O) groups is 1. The highest BCUT2D eigenvalue weighted by atomic mass is 16.5. The topological polar surface area (TPSA) is 85.8 Å². The summed E-state index contributed by atoms with van der Waals surface area (Å²) in [6, 6.07) is 17.6. The van der Waals surface area contributed by atoms with Crippen LogP contribution in [0.15, 0.2) is 59.1 Å². The number of nitrogens with zero attached hydrogens (tertiary/aromatic N) is 4. The van der Waals surface area contributed by atoms with E-state index in [1.807, 2.05) is 69.3 Å². The normalized spacial score (nSPS) is 11.3. The van der Waals surface area contributed by atoms with Gasteiger partial charge in [-0.3, -0.25) is 4.79 Å². The number of hydrogen-bond donors (Lipinski definition) is 1. The minimum atomic E-state index is -0.197. The molecular formula is C24H21N5O2. The summed E-state index contributed by atoms with van der Waals surface area (Å²) in [5, 5.41) is 13.5. The van der Waals surface area contributed by atoms with Crippen LogP contribution in [0.1, 0.15) is 22.5 Å². The fourth-order valence-electron chi connectivity index (χ4n) is 3.92. The van der Waals surface area contributed by atoms with Crippen molar-refractivity contribution in [1.82, 2.24) is 19.9 Å². The van der Waals surface area contributed by atoms with Gasteiger partial charge in [0.05, 0.1) is 17.6 Å². The number of fused-ring (bicyclic) bond motifs is 2. The van der Waals surface area contributed by atoms with Crippen LogP contribution in [0, 0.1) is 20.8 Å². The highest BCUT2D eigenvalue weighted by Crippen LogP contribution is 2.25. The molecule has 3 heterocycles. The first-order chi connectivity index (χ1) is 15.0. The molecule has 1 amide bonds. The lowest BCUT2D eigenvalue weighted by Crippen LogP contribution is -2.17. The van der Waals surface area contributed by atoms with Crippen LogP contribution in [0.25, 0.3) is 27.7 Å². The summed E-state index contributed by atoms with van der Waals surface area (Å²) in [5.41, 5.74) is 5.10. The number of benzene rings is 2. The largest absolute Gasteiger partial charge is 0.356 e. The Hall–Kier alpha value is -4.00. The van der Waals surface area contributed by atoms with E-state index in [-0.39, 0.29) is 12.3 Å². The van der Waals surface area contributed by atoms with Crippen molar-refractivity contribution in [1.29, 1.82) is 0 Å². The van der Waals surface area contributed by atoms with Crippen LogP contribution >= 0.6 is 0 Å². The molecule has 5 rings (SSSR count). The predicted octanol–water partition coefficient (Wildman–Crippen LogP) is 4.67. The first-order valence-corrected chi connectivity index (χ1v) is 10.1. The highest BCUT2D eigenvalue weighted by Gasteiger charge is 2.17. The number of para-hydroxylation sites is 1. The molecule has 3 aromatic heterocycles. The number of nitrogens with one attached hydrogen (secondary N) is 1. The third-order valence-electron chi connectivity index (χ3n) is 5.21. The van der Waals surface area contributed by atoms with Gasteiger partial charge in [-0.2, -0.15) is 9.78 Å². The molecule has 0 aliphatic rings. The van der Waals surface area contributed by atoms with Crippen molar-refractivity contribution in [3.63, 3.8) is 0 Å². The standard InChI is InChI=1S/C24H21N5O2/c1-14-10-15(2)24-19(28-31-20(24)11-14)13-23(30)26-22-12-16(3)27-29(22)21-9-8-17-6-4-5-7-18(17)25-21/h4-12H,13H2,1-3H3,(H,26,30). The number of anilines is 1. The van der Waals surface area contributed by atoms with Crippen molar-refractivity contribution in [2.75, 3.05) is 5.32 Å². The SMILES string of the molecule is Cc1cc(C)c2c(CC(=O)Nc3cc(C)nn3-c3ccc4ccccc4n3)noc2c1. The molecule has 0 saturated heterocycles. The van der Waals surface area contributed by atoms with Gasteiger partial charge < -0.3 is 9.84 Å². The smallest absolute Gasteiger partial charge is 0.231 e. The Morgan fingerprint density at radius 3 is 2.77 bits per heavy atom. The third kappa shape index (κ3) is 3.54. The average molecular weight is 411 g/mol. The van der Waals surface area contributed by atoms with Crippen LogP contribution in [0.5, 0.6) is 0 Å². The van der Waals surface area contributed by atoms with Crippen molar-refractivity contribution < 1.29 is 9.32 Å². The summed E-state index contributed by atoms with van der Waals surface area (Å²) < 4.78 is 7.09. The van der Waals surface area contributed by atoms with Gasteiger partial charge in [0.2, 0.25) is 5.91 Å². The number of pyridine rings is 1. The minimum absolute atomic E-state index is 0.103. The van der Waals surface area contributed by atoms with Crippen molar-refractivity contribution in [3.05, 3.63) is 77.1 Å². The number of aryl methyl sites for hydroxylation is 3. The van der Waals surface area contributed by atoms with Gasteiger partial charge in [-0.05, 0) is 56.2 Å². The van der Waals surface area contributed by atoms with Gasteiger partial charge in [0.15, 0.2) is 11.4 Å². The molecule has 0 unspecified atom stereocenters. The van der Waals surface area contributed by atoms with Crippen LogP contribution in [-0.4, -0.2) is 25.8 Å². The summed E-state index contributed by atoms with van der Waals surface area (Å²) in [5.74, 6) is 1.00. The van der Waals surface area contributed by atoms with Gasteiger partial charge >= 0.3 is 0 Å². The second kappa shape index (κ2) is 7.36. The highest BCUT2D eigenvalue weighted by molar-refractivity contribution is 5.95. The molecule has 5 aromatic rings. The van der Waals surface area contributed by atoms with Crippen molar-refractivity contribution in [2.24, 2.45) is 0 Å². The third-order valence-corrected chi connectivity index (χ3v) is 5.21. The molecule has 1 N–H and O–H groups in total. The van der Waals surface area contributed by atoms with E-state index < -0.39 is 0 Å². The molecule has 0 fully saturated rings.